The van der Waals surface area contributed by atoms with E-state index in [0.717, 1.165) is 47.8 Å². The van der Waals surface area contributed by atoms with Crippen LogP contribution in [0.4, 0.5) is 5.69 Å². The van der Waals surface area contributed by atoms with Crippen LogP contribution in [-0.4, -0.2) is 53.6 Å². The van der Waals surface area contributed by atoms with Gasteiger partial charge in [-0.15, -0.1) is 11.3 Å². The molecule has 182 valence electrons. The molecule has 0 unspecified atom stereocenters. The zero-order chi connectivity index (χ0) is 24.8. The van der Waals surface area contributed by atoms with Crippen molar-refractivity contribution in [3.63, 3.8) is 0 Å². The van der Waals surface area contributed by atoms with Crippen molar-refractivity contribution in [3.05, 3.63) is 69.6 Å². The zero-order valence-electron chi connectivity index (χ0n) is 19.1. The van der Waals surface area contributed by atoms with Crippen molar-refractivity contribution in [3.8, 4) is 11.1 Å². The van der Waals surface area contributed by atoms with E-state index in [4.69, 9.17) is 23.8 Å². The second-order valence-corrected chi connectivity index (χ2v) is 9.79. The van der Waals surface area contributed by atoms with Crippen molar-refractivity contribution in [2.24, 2.45) is 0 Å². The minimum absolute atomic E-state index is 0.0569. The van der Waals surface area contributed by atoms with Gasteiger partial charge in [0.25, 0.3) is 5.91 Å². The Labute approximate surface area is 218 Å². The van der Waals surface area contributed by atoms with E-state index in [9.17, 15) is 9.59 Å². The number of nitrogens with zero attached hydrogens (tertiary/aromatic N) is 2. The summed E-state index contributed by atoms with van der Waals surface area (Å²) in [4.78, 5) is 31.0. The molecule has 1 aliphatic heterocycles. The van der Waals surface area contributed by atoms with Gasteiger partial charge in [-0.05, 0) is 48.8 Å². The van der Waals surface area contributed by atoms with Crippen LogP contribution in [0, 0.1) is 0 Å². The number of carbonyl (C=O) groups is 2. The number of para-hydroxylation sites is 1. The summed E-state index contributed by atoms with van der Waals surface area (Å²) in [6, 6.07) is 15.2. The van der Waals surface area contributed by atoms with Crippen LogP contribution >= 0.6 is 35.2 Å². The predicted octanol–water partition coefficient (Wildman–Crippen LogP) is 4.94. The standard InChI is InChI=1S/C25H25ClN4O3S2/c1-33-22(31)14-27-25(34)30-12-10-17(11-13-30)24-29-21(15-35-24)23(32)28-20-5-3-2-4-19(20)16-6-8-18(26)9-7-16/h2-9,15,17H,10-14H2,1H3,(H,27,34)(H,28,32). The smallest absolute Gasteiger partial charge is 0.325 e. The third-order valence-electron chi connectivity index (χ3n) is 5.83. The molecule has 4 rings (SSSR count). The Morgan fingerprint density at radius 3 is 2.60 bits per heavy atom. The van der Waals surface area contributed by atoms with Gasteiger partial charge in [0.2, 0.25) is 0 Å². The van der Waals surface area contributed by atoms with E-state index in [0.29, 0.717) is 15.8 Å². The van der Waals surface area contributed by atoms with Crippen LogP contribution in [0.2, 0.25) is 5.02 Å². The van der Waals surface area contributed by atoms with E-state index in [2.05, 4.69) is 20.4 Å². The lowest BCUT2D eigenvalue weighted by molar-refractivity contribution is -0.139. The van der Waals surface area contributed by atoms with Gasteiger partial charge >= 0.3 is 5.97 Å². The quantitative estimate of drug-likeness (QED) is 0.346. The highest BCUT2D eigenvalue weighted by molar-refractivity contribution is 7.80. The fourth-order valence-electron chi connectivity index (χ4n) is 3.90. The number of hydrogen-bond donors (Lipinski definition) is 2. The van der Waals surface area contributed by atoms with Gasteiger partial charge < -0.3 is 20.3 Å². The van der Waals surface area contributed by atoms with Gasteiger partial charge in [-0.3, -0.25) is 9.59 Å². The molecular formula is C25H25ClN4O3S2. The van der Waals surface area contributed by atoms with E-state index >= 15 is 0 Å². The van der Waals surface area contributed by atoms with Crippen molar-refractivity contribution in [1.82, 2.24) is 15.2 Å². The molecule has 1 amide bonds. The molecule has 2 N–H and O–H groups in total. The van der Waals surface area contributed by atoms with Crippen LogP contribution in [0.25, 0.3) is 11.1 Å². The number of halogens is 1. The minimum atomic E-state index is -0.355. The molecule has 2 heterocycles. The number of hydrogen-bond acceptors (Lipinski definition) is 6. The van der Waals surface area contributed by atoms with Gasteiger partial charge in [0, 0.05) is 40.7 Å². The number of aromatic nitrogens is 1. The first-order valence-electron chi connectivity index (χ1n) is 11.2. The first kappa shape index (κ1) is 25.1. The summed E-state index contributed by atoms with van der Waals surface area (Å²) >= 11 is 12.9. The normalized spacial score (nSPS) is 13.8. The molecule has 2 aromatic carbocycles. The molecule has 0 aliphatic carbocycles. The maximum atomic E-state index is 13.0. The number of ether oxygens (including phenoxy) is 1. The molecular weight excluding hydrogens is 504 g/mol. The first-order valence-corrected chi connectivity index (χ1v) is 12.8. The molecule has 0 atom stereocenters. The monoisotopic (exact) mass is 528 g/mol. The second kappa shape index (κ2) is 11.6. The zero-order valence-corrected chi connectivity index (χ0v) is 21.5. The molecule has 0 saturated carbocycles. The van der Waals surface area contributed by atoms with Crippen molar-refractivity contribution in [1.29, 1.82) is 0 Å². The Bertz CT molecular complexity index is 1210. The Kier molecular flexibility index (Phi) is 8.33. The van der Waals surface area contributed by atoms with Gasteiger partial charge in [0.1, 0.15) is 12.2 Å². The molecule has 1 saturated heterocycles. The molecule has 0 bridgehead atoms. The highest BCUT2D eigenvalue weighted by Gasteiger charge is 2.25. The third kappa shape index (κ3) is 6.36. The maximum Gasteiger partial charge on any atom is 0.325 e. The third-order valence-corrected chi connectivity index (χ3v) is 7.49. The maximum absolute atomic E-state index is 13.0. The number of esters is 1. The number of methoxy groups -OCH3 is 1. The van der Waals surface area contributed by atoms with Crippen LogP contribution in [0.15, 0.2) is 53.9 Å². The van der Waals surface area contributed by atoms with Crippen molar-refractivity contribution < 1.29 is 14.3 Å². The number of carbonyl (C=O) groups excluding carboxylic acids is 2. The van der Waals surface area contributed by atoms with E-state index < -0.39 is 0 Å². The SMILES string of the molecule is COC(=O)CNC(=S)N1CCC(c2nc(C(=O)Nc3ccccc3-c3ccc(Cl)cc3)cs2)CC1. The van der Waals surface area contributed by atoms with Crippen LogP contribution < -0.4 is 10.6 Å². The summed E-state index contributed by atoms with van der Waals surface area (Å²) in [7, 11) is 1.35. The van der Waals surface area contributed by atoms with Gasteiger partial charge in [0.15, 0.2) is 5.11 Å². The number of anilines is 1. The van der Waals surface area contributed by atoms with E-state index in [1.807, 2.05) is 58.8 Å². The molecule has 3 aromatic rings. The molecule has 1 aromatic heterocycles. The number of nitrogens with one attached hydrogen (secondary N) is 2. The number of likely N-dealkylation sites (tertiary alicyclic amines) is 1. The van der Waals surface area contributed by atoms with Gasteiger partial charge in [0.05, 0.1) is 12.1 Å². The van der Waals surface area contributed by atoms with Crippen molar-refractivity contribution >= 4 is 57.8 Å². The lowest BCUT2D eigenvalue weighted by atomic mass is 9.98. The van der Waals surface area contributed by atoms with E-state index in [-0.39, 0.29) is 24.3 Å². The molecule has 1 fully saturated rings. The van der Waals surface area contributed by atoms with Crippen LogP contribution in [0.5, 0.6) is 0 Å². The number of piperidine rings is 1. The number of thiocarbonyl (C=S) groups is 1. The molecule has 7 nitrogen and oxygen atoms in total. The number of amides is 1. The summed E-state index contributed by atoms with van der Waals surface area (Å²) in [5, 5.41) is 9.91. The molecule has 1 aliphatic rings. The average Bonchev–Trinajstić information content (AvgIpc) is 3.39. The number of benzene rings is 2. The van der Waals surface area contributed by atoms with Crippen molar-refractivity contribution in [2.75, 3.05) is 32.1 Å². The summed E-state index contributed by atoms with van der Waals surface area (Å²) in [6.07, 6.45) is 1.74. The summed E-state index contributed by atoms with van der Waals surface area (Å²) in [6.45, 7) is 1.57. The fraction of sp³-hybridized carbons (Fsp3) is 0.280. The molecule has 10 heteroatoms. The second-order valence-electron chi connectivity index (χ2n) is 8.07. The van der Waals surface area contributed by atoms with Gasteiger partial charge in [-0.25, -0.2) is 4.98 Å². The Balaban J connectivity index is 1.36. The van der Waals surface area contributed by atoms with Crippen LogP contribution in [0.1, 0.15) is 34.3 Å². The molecule has 35 heavy (non-hydrogen) atoms. The van der Waals surface area contributed by atoms with Gasteiger partial charge in [-0.2, -0.15) is 0 Å². The lowest BCUT2D eigenvalue weighted by Gasteiger charge is -2.33. The molecule has 0 spiro atoms. The average molecular weight is 529 g/mol. The first-order chi connectivity index (χ1) is 16.9. The Morgan fingerprint density at radius 1 is 1.17 bits per heavy atom. The minimum Gasteiger partial charge on any atom is -0.468 e. The van der Waals surface area contributed by atoms with E-state index in [1.54, 1.807) is 0 Å². The lowest BCUT2D eigenvalue weighted by Crippen LogP contribution is -2.45. The van der Waals surface area contributed by atoms with E-state index in [1.165, 1.54) is 18.4 Å². The number of rotatable bonds is 6. The molecule has 0 radical (unpaired) electrons. The largest absolute Gasteiger partial charge is 0.468 e. The summed E-state index contributed by atoms with van der Waals surface area (Å²) in [5.41, 5.74) is 3.01. The highest BCUT2D eigenvalue weighted by atomic mass is 35.5. The summed E-state index contributed by atoms with van der Waals surface area (Å²) < 4.78 is 4.63. The van der Waals surface area contributed by atoms with Crippen LogP contribution in [-0.2, 0) is 9.53 Å². The topological polar surface area (TPSA) is 83.6 Å². The summed E-state index contributed by atoms with van der Waals surface area (Å²) in [5.74, 6) is -0.325. The van der Waals surface area contributed by atoms with Crippen molar-refractivity contribution in [2.45, 2.75) is 18.8 Å². The fourth-order valence-corrected chi connectivity index (χ4v) is 5.25. The predicted molar refractivity (Wildman–Crippen MR) is 143 cm³/mol. The number of thiazole rings is 1. The van der Waals surface area contributed by atoms with Crippen LogP contribution in [0.3, 0.4) is 0 Å². The highest BCUT2D eigenvalue weighted by Crippen LogP contribution is 2.32. The Morgan fingerprint density at radius 2 is 1.89 bits per heavy atom. The van der Waals surface area contributed by atoms with Gasteiger partial charge in [-0.1, -0.05) is 41.9 Å². The Hall–Kier alpha value is -3.01.